The van der Waals surface area contributed by atoms with Gasteiger partial charge in [-0.1, -0.05) is 36.4 Å². The Labute approximate surface area is 139 Å². The summed E-state index contributed by atoms with van der Waals surface area (Å²) in [7, 11) is 0. The number of hydrazone groups is 1. The molecule has 1 N–H and O–H groups in total. The van der Waals surface area contributed by atoms with Crippen molar-refractivity contribution in [2.24, 2.45) is 15.3 Å². The molecule has 0 aliphatic heterocycles. The van der Waals surface area contributed by atoms with E-state index in [1.807, 2.05) is 60.7 Å². The Morgan fingerprint density at radius 1 is 0.750 bits per heavy atom. The van der Waals surface area contributed by atoms with Crippen LogP contribution in [0.15, 0.2) is 100 Å². The largest absolute Gasteiger partial charge is 0.276 e. The second-order valence-corrected chi connectivity index (χ2v) is 4.96. The second kappa shape index (κ2) is 7.78. The molecule has 0 aliphatic carbocycles. The molecule has 24 heavy (non-hydrogen) atoms. The van der Waals surface area contributed by atoms with E-state index in [1.165, 1.54) is 12.1 Å². The van der Waals surface area contributed by atoms with Gasteiger partial charge in [-0.2, -0.15) is 5.10 Å². The molecule has 0 radical (unpaired) electrons. The summed E-state index contributed by atoms with van der Waals surface area (Å²) < 4.78 is 13.1. The molecule has 0 aromatic heterocycles. The Morgan fingerprint density at radius 2 is 1.38 bits per heavy atom. The fraction of sp³-hybridized carbons (Fsp3) is 0. The summed E-state index contributed by atoms with van der Waals surface area (Å²) in [6.07, 6.45) is 0. The van der Waals surface area contributed by atoms with Gasteiger partial charge in [0.25, 0.3) is 0 Å². The predicted octanol–water partition coefficient (Wildman–Crippen LogP) is 5.38. The molecule has 118 valence electrons. The maximum Gasteiger partial charge on any atom is 0.201 e. The van der Waals surface area contributed by atoms with E-state index in [-0.39, 0.29) is 5.82 Å². The summed E-state index contributed by atoms with van der Waals surface area (Å²) in [5, 5.41) is 12.7. The molecule has 0 unspecified atom stereocenters. The first-order chi connectivity index (χ1) is 11.8. The van der Waals surface area contributed by atoms with Crippen LogP contribution in [0.4, 0.5) is 15.8 Å². The molecular formula is C19H15FN4. The zero-order valence-corrected chi connectivity index (χ0v) is 12.8. The highest BCUT2D eigenvalue weighted by Crippen LogP contribution is 2.13. The van der Waals surface area contributed by atoms with Gasteiger partial charge in [0, 0.05) is 5.56 Å². The zero-order valence-electron chi connectivity index (χ0n) is 12.8. The maximum atomic E-state index is 13.1. The molecule has 0 saturated carbocycles. The van der Waals surface area contributed by atoms with Crippen LogP contribution in [0.25, 0.3) is 0 Å². The summed E-state index contributed by atoms with van der Waals surface area (Å²) in [4.78, 5) is 0. The summed E-state index contributed by atoms with van der Waals surface area (Å²) in [6, 6.07) is 24.8. The van der Waals surface area contributed by atoms with Crippen LogP contribution in [-0.2, 0) is 0 Å². The number of nitrogens with zero attached hydrogens (tertiary/aromatic N) is 3. The minimum Gasteiger partial charge on any atom is -0.276 e. The van der Waals surface area contributed by atoms with Crippen LogP contribution in [0.5, 0.6) is 0 Å². The lowest BCUT2D eigenvalue weighted by molar-refractivity contribution is 0.628. The van der Waals surface area contributed by atoms with Gasteiger partial charge in [-0.25, -0.2) is 4.39 Å². The van der Waals surface area contributed by atoms with Crippen LogP contribution in [0.1, 0.15) is 5.56 Å². The molecule has 0 aliphatic rings. The Bertz CT molecular complexity index is 828. The number of anilines is 1. The van der Waals surface area contributed by atoms with Crippen molar-refractivity contribution in [1.29, 1.82) is 0 Å². The standard InChI is InChI=1S/C19H15FN4/c20-16-13-11-15(12-14-16)19(23-21-17-7-3-1-4-8-17)24-22-18-9-5-2-6-10-18/h1-14,21H. The highest BCUT2D eigenvalue weighted by molar-refractivity contribution is 5.99. The van der Waals surface area contributed by atoms with Gasteiger partial charge in [-0.05, 0) is 48.5 Å². The molecule has 3 rings (SSSR count). The van der Waals surface area contributed by atoms with E-state index in [9.17, 15) is 4.39 Å². The molecule has 3 aromatic carbocycles. The highest BCUT2D eigenvalue weighted by atomic mass is 19.1. The van der Waals surface area contributed by atoms with E-state index in [4.69, 9.17) is 0 Å². The fourth-order valence-corrected chi connectivity index (χ4v) is 1.97. The molecule has 0 spiro atoms. The van der Waals surface area contributed by atoms with Crippen LogP contribution in [0, 0.1) is 5.82 Å². The van der Waals surface area contributed by atoms with Gasteiger partial charge in [0.2, 0.25) is 5.84 Å². The van der Waals surface area contributed by atoms with Crippen molar-refractivity contribution in [1.82, 2.24) is 0 Å². The van der Waals surface area contributed by atoms with Gasteiger partial charge in [0.05, 0.1) is 11.4 Å². The number of halogens is 1. The summed E-state index contributed by atoms with van der Waals surface area (Å²) >= 11 is 0. The molecule has 4 nitrogen and oxygen atoms in total. The number of azo groups is 1. The maximum absolute atomic E-state index is 13.1. The molecular weight excluding hydrogens is 303 g/mol. The lowest BCUT2D eigenvalue weighted by atomic mass is 10.2. The topological polar surface area (TPSA) is 49.1 Å². The molecule has 0 fully saturated rings. The first-order valence-corrected chi connectivity index (χ1v) is 7.43. The molecule has 5 heteroatoms. The highest BCUT2D eigenvalue weighted by Gasteiger charge is 2.03. The van der Waals surface area contributed by atoms with Gasteiger partial charge in [-0.3, -0.25) is 5.43 Å². The monoisotopic (exact) mass is 318 g/mol. The van der Waals surface area contributed by atoms with Crippen LogP contribution in [0.2, 0.25) is 0 Å². The second-order valence-electron chi connectivity index (χ2n) is 4.96. The van der Waals surface area contributed by atoms with Gasteiger partial charge in [0.15, 0.2) is 0 Å². The third-order valence-corrected chi connectivity index (χ3v) is 3.18. The van der Waals surface area contributed by atoms with Gasteiger partial charge in [0.1, 0.15) is 5.82 Å². The predicted molar refractivity (Wildman–Crippen MR) is 94.0 cm³/mol. The Morgan fingerprint density at radius 3 is 2.04 bits per heavy atom. The van der Waals surface area contributed by atoms with Crippen molar-refractivity contribution in [3.05, 3.63) is 96.3 Å². The average molecular weight is 318 g/mol. The Kier molecular flexibility index (Phi) is 5.04. The third kappa shape index (κ3) is 4.33. The van der Waals surface area contributed by atoms with Gasteiger partial charge in [-0.15, -0.1) is 10.2 Å². The van der Waals surface area contributed by atoms with Gasteiger partial charge >= 0.3 is 0 Å². The van der Waals surface area contributed by atoms with Crippen molar-refractivity contribution in [2.45, 2.75) is 0 Å². The van der Waals surface area contributed by atoms with Crippen molar-refractivity contribution >= 4 is 17.2 Å². The van der Waals surface area contributed by atoms with Crippen molar-refractivity contribution in [2.75, 3.05) is 5.43 Å². The normalized spacial score (nSPS) is 11.6. The van der Waals surface area contributed by atoms with Crippen molar-refractivity contribution < 1.29 is 4.39 Å². The minimum atomic E-state index is -0.311. The molecule has 0 atom stereocenters. The van der Waals surface area contributed by atoms with Crippen LogP contribution in [-0.4, -0.2) is 5.84 Å². The SMILES string of the molecule is Fc1ccc(C(N=Nc2ccccc2)=NNc2ccccc2)cc1. The molecule has 0 amide bonds. The minimum absolute atomic E-state index is 0.311. The van der Waals surface area contributed by atoms with E-state index < -0.39 is 0 Å². The zero-order chi connectivity index (χ0) is 16.6. The van der Waals surface area contributed by atoms with Crippen molar-refractivity contribution in [3.63, 3.8) is 0 Å². The lowest BCUT2D eigenvalue weighted by Crippen LogP contribution is -2.01. The Balaban J connectivity index is 1.88. The first-order valence-electron chi connectivity index (χ1n) is 7.43. The first kappa shape index (κ1) is 15.6. The molecule has 3 aromatic rings. The van der Waals surface area contributed by atoms with Crippen LogP contribution in [0.3, 0.4) is 0 Å². The summed E-state index contributed by atoms with van der Waals surface area (Å²) in [5.41, 5.74) is 5.14. The lowest BCUT2D eigenvalue weighted by Gasteiger charge is -2.03. The number of hydrogen-bond acceptors (Lipinski definition) is 3. The quantitative estimate of drug-likeness (QED) is 0.298. The number of amidine groups is 1. The smallest absolute Gasteiger partial charge is 0.201 e. The average Bonchev–Trinajstić information content (AvgIpc) is 2.64. The molecule has 0 heterocycles. The van der Waals surface area contributed by atoms with E-state index in [0.717, 1.165) is 5.69 Å². The van der Waals surface area contributed by atoms with Crippen LogP contribution < -0.4 is 5.43 Å². The number of benzene rings is 3. The van der Waals surface area contributed by atoms with Crippen LogP contribution >= 0.6 is 0 Å². The number of para-hydroxylation sites is 1. The van der Waals surface area contributed by atoms with Crippen molar-refractivity contribution in [3.8, 4) is 0 Å². The van der Waals surface area contributed by atoms with Gasteiger partial charge < -0.3 is 0 Å². The number of hydrogen-bond donors (Lipinski definition) is 1. The van der Waals surface area contributed by atoms with E-state index >= 15 is 0 Å². The summed E-state index contributed by atoms with van der Waals surface area (Å²) in [6.45, 7) is 0. The number of rotatable bonds is 4. The number of nitrogens with one attached hydrogen (secondary N) is 1. The fourth-order valence-electron chi connectivity index (χ4n) is 1.97. The Hall–Kier alpha value is -3.34. The molecule has 0 bridgehead atoms. The van der Waals surface area contributed by atoms with E-state index in [2.05, 4.69) is 20.8 Å². The third-order valence-electron chi connectivity index (χ3n) is 3.18. The molecule has 0 saturated heterocycles. The van der Waals surface area contributed by atoms with E-state index in [0.29, 0.717) is 17.1 Å². The van der Waals surface area contributed by atoms with E-state index in [1.54, 1.807) is 12.1 Å². The summed E-state index contributed by atoms with van der Waals surface area (Å²) in [5.74, 6) is 0.0526.